The van der Waals surface area contributed by atoms with Crippen molar-refractivity contribution in [1.29, 1.82) is 5.26 Å². The highest BCUT2D eigenvalue weighted by molar-refractivity contribution is 7.90. The molecule has 4 aromatic rings. The number of nitrogens with zero attached hydrogens (tertiary/aromatic N) is 5. The zero-order valence-electron chi connectivity index (χ0n) is 23.3. The summed E-state index contributed by atoms with van der Waals surface area (Å²) in [5, 5.41) is 12.8. The van der Waals surface area contributed by atoms with Crippen LogP contribution in [0.15, 0.2) is 71.9 Å². The van der Waals surface area contributed by atoms with Gasteiger partial charge in [-0.25, -0.2) is 13.4 Å². The summed E-state index contributed by atoms with van der Waals surface area (Å²) in [6.07, 6.45) is 6.52. The molecule has 2 aromatic carbocycles. The first kappa shape index (κ1) is 28.2. The van der Waals surface area contributed by atoms with Crippen LogP contribution in [0.4, 0.5) is 5.95 Å². The Morgan fingerprint density at radius 2 is 1.76 bits per heavy atom. The Balaban J connectivity index is 1.30. The van der Waals surface area contributed by atoms with E-state index in [1.807, 2.05) is 38.1 Å². The molecule has 0 atom stereocenters. The second-order valence-electron chi connectivity index (χ2n) is 10.4. The number of nitrogens with one attached hydrogen (secondary N) is 1. The number of hydrogen-bond donors (Lipinski definition) is 1. The molecule has 0 saturated carbocycles. The van der Waals surface area contributed by atoms with Crippen LogP contribution in [0.25, 0.3) is 11.3 Å². The third-order valence-electron chi connectivity index (χ3n) is 7.13. The van der Waals surface area contributed by atoms with Crippen LogP contribution in [-0.2, 0) is 16.4 Å². The highest BCUT2D eigenvalue weighted by Gasteiger charge is 2.21. The molecule has 1 saturated heterocycles. The zero-order valence-corrected chi connectivity index (χ0v) is 24.1. The largest absolute Gasteiger partial charge is 0.438 e. The molecule has 1 aliphatic rings. The number of aryl methyl sites for hydroxylation is 2. The van der Waals surface area contributed by atoms with Gasteiger partial charge in [-0.15, -0.1) is 0 Å². The average molecular weight is 569 g/mol. The molecule has 2 aromatic heterocycles. The van der Waals surface area contributed by atoms with Crippen LogP contribution in [0.5, 0.6) is 11.6 Å². The molecule has 0 unspecified atom stereocenters. The van der Waals surface area contributed by atoms with Crippen LogP contribution in [-0.4, -0.2) is 53.7 Å². The monoisotopic (exact) mass is 568 g/mol. The molecule has 10 heteroatoms. The fourth-order valence-corrected chi connectivity index (χ4v) is 5.63. The number of anilines is 1. The molecule has 210 valence electrons. The zero-order chi connectivity index (χ0) is 29.0. The van der Waals surface area contributed by atoms with Crippen molar-refractivity contribution < 1.29 is 13.2 Å². The van der Waals surface area contributed by atoms with E-state index in [4.69, 9.17) is 14.7 Å². The number of ether oxygens (including phenoxy) is 1. The van der Waals surface area contributed by atoms with Gasteiger partial charge in [0, 0.05) is 56.0 Å². The number of benzene rings is 2. The Morgan fingerprint density at radius 3 is 2.37 bits per heavy atom. The normalized spacial score (nSPS) is 14.4. The van der Waals surface area contributed by atoms with Crippen molar-refractivity contribution >= 4 is 15.8 Å². The van der Waals surface area contributed by atoms with E-state index >= 15 is 0 Å². The predicted molar refractivity (Wildman–Crippen MR) is 157 cm³/mol. The number of piperidine rings is 1. The summed E-state index contributed by atoms with van der Waals surface area (Å²) in [7, 11) is -3.20. The van der Waals surface area contributed by atoms with Crippen molar-refractivity contribution in [3.05, 3.63) is 89.2 Å². The molecular formula is C31H32N6O3S. The van der Waals surface area contributed by atoms with Crippen molar-refractivity contribution in [2.24, 2.45) is 0 Å². The summed E-state index contributed by atoms with van der Waals surface area (Å²) >= 11 is 0. The van der Waals surface area contributed by atoms with Gasteiger partial charge in [0.25, 0.3) is 0 Å². The lowest BCUT2D eigenvalue weighted by Gasteiger charge is -2.32. The van der Waals surface area contributed by atoms with E-state index in [0.717, 1.165) is 54.7 Å². The summed E-state index contributed by atoms with van der Waals surface area (Å²) in [6.45, 7) is 6.38. The molecule has 5 rings (SSSR count). The minimum absolute atomic E-state index is 0.189. The maximum absolute atomic E-state index is 11.7. The Labute approximate surface area is 240 Å². The quantitative estimate of drug-likeness (QED) is 0.302. The van der Waals surface area contributed by atoms with E-state index in [-0.39, 0.29) is 6.04 Å². The molecule has 3 heterocycles. The molecule has 0 aliphatic carbocycles. The first-order valence-electron chi connectivity index (χ1n) is 13.4. The molecule has 9 nitrogen and oxygen atoms in total. The second kappa shape index (κ2) is 12.0. The first-order valence-corrected chi connectivity index (χ1v) is 15.3. The average Bonchev–Trinajstić information content (AvgIpc) is 2.96. The number of pyridine rings is 1. The van der Waals surface area contributed by atoms with Gasteiger partial charge < -0.3 is 10.1 Å². The van der Waals surface area contributed by atoms with Gasteiger partial charge in [-0.3, -0.25) is 9.88 Å². The van der Waals surface area contributed by atoms with Gasteiger partial charge >= 0.3 is 0 Å². The lowest BCUT2D eigenvalue weighted by Crippen LogP contribution is -2.39. The Hall–Kier alpha value is -4.33. The highest BCUT2D eigenvalue weighted by atomic mass is 32.2. The number of hydrogen-bond acceptors (Lipinski definition) is 9. The van der Waals surface area contributed by atoms with E-state index in [0.29, 0.717) is 33.7 Å². The van der Waals surface area contributed by atoms with Gasteiger partial charge in [0.15, 0.2) is 9.84 Å². The summed E-state index contributed by atoms with van der Waals surface area (Å²) in [4.78, 5) is 16.4. The van der Waals surface area contributed by atoms with E-state index in [9.17, 15) is 13.7 Å². The van der Waals surface area contributed by atoms with Gasteiger partial charge in [0.2, 0.25) is 11.8 Å². The van der Waals surface area contributed by atoms with Crippen molar-refractivity contribution in [2.45, 2.75) is 44.2 Å². The standard InChI is InChI=1S/C31H32N6O3S/c1-21-15-24(18-32)16-22(2)30(21)40-29-17-28(25-5-4-12-33-19-25)35-31(36-29)34-26-10-13-37(14-11-26)20-23-6-8-27(9-7-23)41(3,38)39/h4-9,12,15-17,19,26H,10-11,13-14,20H2,1-3H3,(H,34,35,36). The van der Waals surface area contributed by atoms with E-state index < -0.39 is 9.84 Å². The minimum Gasteiger partial charge on any atom is -0.438 e. The maximum atomic E-state index is 11.7. The fourth-order valence-electron chi connectivity index (χ4n) is 5.00. The Morgan fingerprint density at radius 1 is 1.05 bits per heavy atom. The number of nitriles is 1. The molecular weight excluding hydrogens is 536 g/mol. The smallest absolute Gasteiger partial charge is 0.226 e. The fraction of sp³-hybridized carbons (Fsp3) is 0.290. The third kappa shape index (κ3) is 7.06. The molecule has 0 spiro atoms. The van der Waals surface area contributed by atoms with Crippen LogP contribution in [0.3, 0.4) is 0 Å². The predicted octanol–water partition coefficient (Wildman–Crippen LogP) is 5.30. The summed E-state index contributed by atoms with van der Waals surface area (Å²) in [5.74, 6) is 1.57. The lowest BCUT2D eigenvalue weighted by molar-refractivity contribution is 0.211. The summed E-state index contributed by atoms with van der Waals surface area (Å²) in [6, 6.07) is 18.7. The topological polar surface area (TPSA) is 121 Å². The lowest BCUT2D eigenvalue weighted by atomic mass is 10.0. The van der Waals surface area contributed by atoms with Crippen LogP contribution >= 0.6 is 0 Å². The molecule has 1 fully saturated rings. The highest BCUT2D eigenvalue weighted by Crippen LogP contribution is 2.31. The van der Waals surface area contributed by atoms with Gasteiger partial charge in [-0.2, -0.15) is 10.2 Å². The maximum Gasteiger partial charge on any atom is 0.226 e. The SMILES string of the molecule is Cc1cc(C#N)cc(C)c1Oc1cc(-c2cccnc2)nc(NC2CCN(Cc3ccc(S(C)(=O)=O)cc3)CC2)n1. The number of likely N-dealkylation sites (tertiary alicyclic amines) is 1. The van der Waals surface area contributed by atoms with Gasteiger partial charge in [-0.05, 0) is 79.8 Å². The number of rotatable bonds is 8. The molecule has 1 aliphatic heterocycles. The van der Waals surface area contributed by atoms with Crippen LogP contribution in [0, 0.1) is 25.2 Å². The Bertz CT molecular complexity index is 1650. The van der Waals surface area contributed by atoms with Crippen LogP contribution in [0.1, 0.15) is 35.1 Å². The summed E-state index contributed by atoms with van der Waals surface area (Å²) in [5.41, 5.74) is 4.95. The molecule has 1 N–H and O–H groups in total. The van der Waals surface area contributed by atoms with Crippen molar-refractivity contribution in [2.75, 3.05) is 24.7 Å². The van der Waals surface area contributed by atoms with Crippen molar-refractivity contribution in [3.8, 4) is 29.0 Å². The van der Waals surface area contributed by atoms with Crippen LogP contribution < -0.4 is 10.1 Å². The summed E-state index contributed by atoms with van der Waals surface area (Å²) < 4.78 is 29.8. The second-order valence-corrected chi connectivity index (χ2v) is 12.4. The van der Waals surface area contributed by atoms with Crippen molar-refractivity contribution in [1.82, 2.24) is 19.9 Å². The van der Waals surface area contributed by atoms with Gasteiger partial charge in [0.05, 0.1) is 22.2 Å². The molecule has 41 heavy (non-hydrogen) atoms. The van der Waals surface area contributed by atoms with Crippen molar-refractivity contribution in [3.63, 3.8) is 0 Å². The van der Waals surface area contributed by atoms with Crippen LogP contribution in [0.2, 0.25) is 0 Å². The Kier molecular flexibility index (Phi) is 8.28. The molecule has 0 radical (unpaired) electrons. The first-order chi connectivity index (χ1) is 19.7. The van der Waals surface area contributed by atoms with E-state index in [2.05, 4.69) is 21.3 Å². The minimum atomic E-state index is -3.20. The van der Waals surface area contributed by atoms with E-state index in [1.165, 1.54) is 6.26 Å². The number of sulfone groups is 1. The number of aromatic nitrogens is 3. The molecule has 0 bridgehead atoms. The van der Waals surface area contributed by atoms with Gasteiger partial charge in [-0.1, -0.05) is 12.1 Å². The van der Waals surface area contributed by atoms with E-state index in [1.54, 1.807) is 42.7 Å². The molecule has 0 amide bonds. The third-order valence-corrected chi connectivity index (χ3v) is 8.26. The van der Waals surface area contributed by atoms with Gasteiger partial charge in [0.1, 0.15) is 5.75 Å².